The second-order valence-corrected chi connectivity index (χ2v) is 5.26. The first-order valence-corrected chi connectivity index (χ1v) is 7.10. The zero-order chi connectivity index (χ0) is 14.4. The Morgan fingerprint density at radius 3 is 2.75 bits per heavy atom. The Hall–Kier alpha value is -2.01. The molecule has 0 spiro atoms. The molecule has 0 saturated heterocycles. The van der Waals surface area contributed by atoms with Gasteiger partial charge in [-0.15, -0.1) is 11.8 Å². The van der Waals surface area contributed by atoms with E-state index in [1.54, 1.807) is 30.3 Å². The highest BCUT2D eigenvalue weighted by Gasteiger charge is 2.05. The summed E-state index contributed by atoms with van der Waals surface area (Å²) in [7, 11) is 0. The van der Waals surface area contributed by atoms with Gasteiger partial charge in [0.25, 0.3) is 0 Å². The van der Waals surface area contributed by atoms with E-state index in [0.29, 0.717) is 11.4 Å². The SMILES string of the molecule is O=C(CCSc1ccccc1O)Nc1cccc(F)c1. The molecule has 2 aromatic rings. The third-order valence-corrected chi connectivity index (χ3v) is 3.62. The number of para-hydroxylation sites is 1. The van der Waals surface area contributed by atoms with Gasteiger partial charge in [-0.2, -0.15) is 0 Å². The lowest BCUT2D eigenvalue weighted by Crippen LogP contribution is -2.12. The lowest BCUT2D eigenvalue weighted by atomic mass is 10.3. The molecule has 0 saturated carbocycles. The molecule has 0 fully saturated rings. The first-order chi connectivity index (χ1) is 9.65. The van der Waals surface area contributed by atoms with E-state index in [1.807, 2.05) is 6.07 Å². The largest absolute Gasteiger partial charge is 0.507 e. The van der Waals surface area contributed by atoms with Gasteiger partial charge in [0.2, 0.25) is 5.91 Å². The van der Waals surface area contributed by atoms with Gasteiger partial charge >= 0.3 is 0 Å². The normalized spacial score (nSPS) is 10.2. The number of hydrogen-bond acceptors (Lipinski definition) is 3. The summed E-state index contributed by atoms with van der Waals surface area (Å²) < 4.78 is 13.0. The molecular formula is C15H14FNO2S. The molecule has 0 heterocycles. The van der Waals surface area contributed by atoms with Crippen molar-refractivity contribution < 1.29 is 14.3 Å². The van der Waals surface area contributed by atoms with Crippen LogP contribution in [0.25, 0.3) is 0 Å². The van der Waals surface area contributed by atoms with E-state index in [0.717, 1.165) is 4.90 Å². The van der Waals surface area contributed by atoms with Gasteiger partial charge in [0.15, 0.2) is 0 Å². The molecule has 2 N–H and O–H groups in total. The Kier molecular flexibility index (Phi) is 5.01. The van der Waals surface area contributed by atoms with E-state index < -0.39 is 0 Å². The Morgan fingerprint density at radius 1 is 1.20 bits per heavy atom. The lowest BCUT2D eigenvalue weighted by Gasteiger charge is -2.06. The van der Waals surface area contributed by atoms with Gasteiger partial charge in [-0.05, 0) is 30.3 Å². The fourth-order valence-electron chi connectivity index (χ4n) is 1.62. The van der Waals surface area contributed by atoms with E-state index in [-0.39, 0.29) is 23.9 Å². The van der Waals surface area contributed by atoms with Crippen LogP contribution in [0.1, 0.15) is 6.42 Å². The highest BCUT2D eigenvalue weighted by Crippen LogP contribution is 2.28. The third kappa shape index (κ3) is 4.28. The predicted molar refractivity (Wildman–Crippen MR) is 78.5 cm³/mol. The van der Waals surface area contributed by atoms with Crippen molar-refractivity contribution in [1.82, 2.24) is 0 Å². The van der Waals surface area contributed by atoms with E-state index in [4.69, 9.17) is 0 Å². The van der Waals surface area contributed by atoms with Gasteiger partial charge in [0.1, 0.15) is 11.6 Å². The average Bonchev–Trinajstić information content (AvgIpc) is 2.41. The number of anilines is 1. The number of carbonyl (C=O) groups is 1. The molecule has 20 heavy (non-hydrogen) atoms. The van der Waals surface area contributed by atoms with Crippen LogP contribution in [-0.4, -0.2) is 16.8 Å². The quantitative estimate of drug-likeness (QED) is 0.827. The second-order valence-electron chi connectivity index (χ2n) is 4.12. The van der Waals surface area contributed by atoms with Crippen molar-refractivity contribution in [1.29, 1.82) is 0 Å². The van der Waals surface area contributed by atoms with Crippen molar-refractivity contribution in [2.24, 2.45) is 0 Å². The van der Waals surface area contributed by atoms with Crippen LogP contribution in [0.15, 0.2) is 53.4 Å². The Labute approximate surface area is 120 Å². The molecule has 0 aromatic heterocycles. The van der Waals surface area contributed by atoms with Gasteiger partial charge in [-0.25, -0.2) is 4.39 Å². The van der Waals surface area contributed by atoms with Crippen molar-refractivity contribution in [2.45, 2.75) is 11.3 Å². The minimum atomic E-state index is -0.383. The van der Waals surface area contributed by atoms with Crippen molar-refractivity contribution in [3.8, 4) is 5.75 Å². The van der Waals surface area contributed by atoms with E-state index in [1.165, 1.54) is 23.9 Å². The Bertz CT molecular complexity index is 604. The van der Waals surface area contributed by atoms with Gasteiger partial charge in [-0.3, -0.25) is 4.79 Å². The molecular weight excluding hydrogens is 277 g/mol. The highest BCUT2D eigenvalue weighted by atomic mass is 32.2. The minimum Gasteiger partial charge on any atom is -0.507 e. The molecule has 0 aliphatic heterocycles. The molecule has 0 radical (unpaired) electrons. The third-order valence-electron chi connectivity index (χ3n) is 2.56. The van der Waals surface area contributed by atoms with Crippen LogP contribution < -0.4 is 5.32 Å². The van der Waals surface area contributed by atoms with Gasteiger partial charge in [0, 0.05) is 22.8 Å². The average molecular weight is 291 g/mol. The Balaban J connectivity index is 1.80. The molecule has 0 unspecified atom stereocenters. The maximum absolute atomic E-state index is 13.0. The second kappa shape index (κ2) is 6.96. The van der Waals surface area contributed by atoms with E-state index in [2.05, 4.69) is 5.32 Å². The number of nitrogens with one attached hydrogen (secondary N) is 1. The monoisotopic (exact) mass is 291 g/mol. The van der Waals surface area contributed by atoms with Gasteiger partial charge in [0.05, 0.1) is 0 Å². The summed E-state index contributed by atoms with van der Waals surface area (Å²) in [6.07, 6.45) is 0.287. The van der Waals surface area contributed by atoms with Crippen molar-refractivity contribution >= 4 is 23.4 Å². The van der Waals surface area contributed by atoms with Crippen molar-refractivity contribution in [3.63, 3.8) is 0 Å². The molecule has 0 aliphatic rings. The minimum absolute atomic E-state index is 0.182. The van der Waals surface area contributed by atoms with Gasteiger partial charge in [-0.1, -0.05) is 18.2 Å². The molecule has 3 nitrogen and oxygen atoms in total. The number of carbonyl (C=O) groups excluding carboxylic acids is 1. The number of aromatic hydroxyl groups is 1. The summed E-state index contributed by atoms with van der Waals surface area (Å²) in [5.41, 5.74) is 0.447. The van der Waals surface area contributed by atoms with Crippen LogP contribution in [0, 0.1) is 5.82 Å². The van der Waals surface area contributed by atoms with Gasteiger partial charge < -0.3 is 10.4 Å². The lowest BCUT2D eigenvalue weighted by molar-refractivity contribution is -0.115. The number of phenols is 1. The van der Waals surface area contributed by atoms with Crippen LogP contribution in [0.3, 0.4) is 0 Å². The summed E-state index contributed by atoms with van der Waals surface area (Å²) in [5.74, 6) is 0.187. The fraction of sp³-hybridized carbons (Fsp3) is 0.133. The summed E-state index contributed by atoms with van der Waals surface area (Å²) in [5, 5.41) is 12.2. The Morgan fingerprint density at radius 2 is 2.00 bits per heavy atom. The van der Waals surface area contributed by atoms with Crippen molar-refractivity contribution in [3.05, 3.63) is 54.3 Å². The summed E-state index contributed by atoms with van der Waals surface area (Å²) >= 11 is 1.40. The number of benzene rings is 2. The maximum atomic E-state index is 13.0. The number of rotatable bonds is 5. The first kappa shape index (κ1) is 14.4. The molecule has 2 rings (SSSR count). The zero-order valence-electron chi connectivity index (χ0n) is 10.7. The number of thioether (sulfide) groups is 1. The van der Waals surface area contributed by atoms with E-state index in [9.17, 15) is 14.3 Å². The molecule has 0 atom stereocenters. The number of phenolic OH excluding ortho intramolecular Hbond substituents is 1. The summed E-state index contributed by atoms with van der Waals surface area (Å²) in [6, 6.07) is 12.8. The smallest absolute Gasteiger partial charge is 0.225 e. The highest BCUT2D eigenvalue weighted by molar-refractivity contribution is 7.99. The van der Waals surface area contributed by atoms with Crippen LogP contribution >= 0.6 is 11.8 Å². The molecule has 1 amide bonds. The van der Waals surface area contributed by atoms with Crippen molar-refractivity contribution in [2.75, 3.05) is 11.1 Å². The van der Waals surface area contributed by atoms with E-state index >= 15 is 0 Å². The molecule has 5 heteroatoms. The standard InChI is InChI=1S/C15H14FNO2S/c16-11-4-3-5-12(10-11)17-15(19)8-9-20-14-7-2-1-6-13(14)18/h1-7,10,18H,8-9H2,(H,17,19). The first-order valence-electron chi connectivity index (χ1n) is 6.11. The summed E-state index contributed by atoms with van der Waals surface area (Å²) in [6.45, 7) is 0. The maximum Gasteiger partial charge on any atom is 0.225 e. The van der Waals surface area contributed by atoms with Crippen LogP contribution in [0.5, 0.6) is 5.75 Å². The van der Waals surface area contributed by atoms with Crippen LogP contribution in [0.2, 0.25) is 0 Å². The fourth-order valence-corrected chi connectivity index (χ4v) is 2.52. The molecule has 2 aromatic carbocycles. The predicted octanol–water partition coefficient (Wildman–Crippen LogP) is 3.65. The number of amides is 1. The summed E-state index contributed by atoms with van der Waals surface area (Å²) in [4.78, 5) is 12.4. The molecule has 0 bridgehead atoms. The number of hydrogen-bond donors (Lipinski definition) is 2. The molecule has 104 valence electrons. The van der Waals surface area contributed by atoms with Crippen LogP contribution in [-0.2, 0) is 4.79 Å². The topological polar surface area (TPSA) is 49.3 Å². The molecule has 0 aliphatic carbocycles. The van der Waals surface area contributed by atoms with Crippen LogP contribution in [0.4, 0.5) is 10.1 Å². The number of halogens is 1. The zero-order valence-corrected chi connectivity index (χ0v) is 11.5.